The summed E-state index contributed by atoms with van der Waals surface area (Å²) in [6, 6.07) is 0.102. The molecule has 0 aliphatic heterocycles. The summed E-state index contributed by atoms with van der Waals surface area (Å²) in [6.07, 6.45) is 0. The molecule has 0 aliphatic rings. The summed E-state index contributed by atoms with van der Waals surface area (Å²) in [4.78, 5) is 11.2. The Morgan fingerprint density at radius 1 is 1.69 bits per heavy atom. The Balaban J connectivity index is 2.50. The summed E-state index contributed by atoms with van der Waals surface area (Å²) in [5.41, 5.74) is 5.37. The maximum atomic E-state index is 11.2. The van der Waals surface area contributed by atoms with E-state index in [0.29, 0.717) is 0 Å². The van der Waals surface area contributed by atoms with Crippen LogP contribution in [0, 0.1) is 0 Å². The number of nitrogens with two attached hydrogens (primary N) is 1. The largest absolute Gasteiger partial charge is 0.367 e. The fourth-order valence-electron chi connectivity index (χ4n) is 0.828. The molecule has 3 N–H and O–H groups in total. The minimum atomic E-state index is -0.158. The molecule has 1 rings (SSSR count). The van der Waals surface area contributed by atoms with Crippen LogP contribution in [0.15, 0.2) is 0 Å². The van der Waals surface area contributed by atoms with E-state index in [9.17, 15) is 4.79 Å². The van der Waals surface area contributed by atoms with Gasteiger partial charge in [0.1, 0.15) is 6.54 Å². The van der Waals surface area contributed by atoms with Crippen LogP contribution >= 0.6 is 0 Å². The second-order valence-corrected chi connectivity index (χ2v) is 2.92. The van der Waals surface area contributed by atoms with E-state index in [2.05, 4.69) is 20.8 Å². The minimum absolute atomic E-state index is 0.0526. The molecule has 0 spiro atoms. The molecule has 0 radical (unpaired) electrons. The first kappa shape index (κ1) is 9.43. The molecule has 7 nitrogen and oxygen atoms in total. The highest BCUT2D eigenvalue weighted by Gasteiger charge is 2.07. The van der Waals surface area contributed by atoms with E-state index in [0.717, 1.165) is 0 Å². The van der Waals surface area contributed by atoms with Crippen LogP contribution in [0.1, 0.15) is 13.8 Å². The van der Waals surface area contributed by atoms with Gasteiger partial charge in [-0.3, -0.25) is 4.79 Å². The highest BCUT2D eigenvalue weighted by molar-refractivity contribution is 5.76. The van der Waals surface area contributed by atoms with Crippen molar-refractivity contribution < 1.29 is 4.79 Å². The molecule has 1 heterocycles. The van der Waals surface area contributed by atoms with Gasteiger partial charge in [-0.25, -0.2) is 4.68 Å². The zero-order valence-corrected chi connectivity index (χ0v) is 7.56. The van der Waals surface area contributed by atoms with Gasteiger partial charge in [-0.1, -0.05) is 5.10 Å². The number of anilines is 1. The fraction of sp³-hybridized carbons (Fsp3) is 0.667. The summed E-state index contributed by atoms with van der Waals surface area (Å²) in [6.45, 7) is 3.80. The topological polar surface area (TPSA) is 98.7 Å². The Kier molecular flexibility index (Phi) is 2.78. The number of carbonyl (C=O) groups excluding carboxylic acids is 1. The van der Waals surface area contributed by atoms with Crippen LogP contribution in [-0.2, 0) is 11.3 Å². The van der Waals surface area contributed by atoms with Gasteiger partial charge in [0.25, 0.3) is 0 Å². The van der Waals surface area contributed by atoms with Gasteiger partial charge in [0.15, 0.2) is 0 Å². The van der Waals surface area contributed by atoms with Gasteiger partial charge < -0.3 is 11.1 Å². The van der Waals surface area contributed by atoms with Gasteiger partial charge in [0.2, 0.25) is 11.9 Å². The molecular weight excluding hydrogens is 172 g/mol. The van der Waals surface area contributed by atoms with E-state index in [-0.39, 0.29) is 24.4 Å². The number of hydrogen-bond donors (Lipinski definition) is 2. The average Bonchev–Trinajstić information content (AvgIpc) is 2.34. The van der Waals surface area contributed by atoms with E-state index >= 15 is 0 Å². The Labute approximate surface area is 75.3 Å². The number of nitrogens with zero attached hydrogens (tertiary/aromatic N) is 4. The monoisotopic (exact) mass is 184 g/mol. The molecule has 0 unspecified atom stereocenters. The normalized spacial score (nSPS) is 10.4. The van der Waals surface area contributed by atoms with E-state index < -0.39 is 0 Å². The van der Waals surface area contributed by atoms with Crippen molar-refractivity contribution in [1.82, 2.24) is 25.5 Å². The lowest BCUT2D eigenvalue weighted by molar-refractivity contribution is -0.122. The third-order valence-electron chi connectivity index (χ3n) is 1.30. The summed E-state index contributed by atoms with van der Waals surface area (Å²) in [5.74, 6) is -0.0205. The predicted octanol–water partition coefficient (Wildman–Crippen LogP) is -1.22. The van der Waals surface area contributed by atoms with Crippen molar-refractivity contribution in [2.45, 2.75) is 26.4 Å². The summed E-state index contributed by atoms with van der Waals surface area (Å²) in [5, 5.41) is 13.0. The molecule has 1 aromatic rings. The Morgan fingerprint density at radius 3 is 2.85 bits per heavy atom. The van der Waals surface area contributed by atoms with Gasteiger partial charge >= 0.3 is 0 Å². The maximum Gasteiger partial charge on any atom is 0.242 e. The van der Waals surface area contributed by atoms with E-state index in [1.165, 1.54) is 4.68 Å². The number of hydrogen-bond acceptors (Lipinski definition) is 5. The number of aromatic nitrogens is 4. The van der Waals surface area contributed by atoms with Crippen molar-refractivity contribution in [1.29, 1.82) is 0 Å². The molecule has 0 atom stereocenters. The van der Waals surface area contributed by atoms with Crippen molar-refractivity contribution >= 4 is 11.9 Å². The van der Waals surface area contributed by atoms with Crippen molar-refractivity contribution in [2.24, 2.45) is 0 Å². The summed E-state index contributed by atoms with van der Waals surface area (Å²) < 4.78 is 1.23. The SMILES string of the molecule is CC(C)NC(=O)Cn1nnnc1N. The van der Waals surface area contributed by atoms with Crippen LogP contribution in [0.4, 0.5) is 5.95 Å². The highest BCUT2D eigenvalue weighted by Crippen LogP contribution is 1.91. The molecule has 0 bridgehead atoms. The number of amides is 1. The molecule has 0 aromatic carbocycles. The van der Waals surface area contributed by atoms with Crippen molar-refractivity contribution in [3.05, 3.63) is 0 Å². The molecule has 1 amide bonds. The van der Waals surface area contributed by atoms with E-state index in [1.807, 2.05) is 13.8 Å². The third kappa shape index (κ3) is 2.69. The summed E-state index contributed by atoms with van der Waals surface area (Å²) >= 11 is 0. The molecule has 72 valence electrons. The van der Waals surface area contributed by atoms with Crippen LogP contribution in [-0.4, -0.2) is 32.2 Å². The molecule has 0 saturated carbocycles. The van der Waals surface area contributed by atoms with Crippen LogP contribution in [0.25, 0.3) is 0 Å². The molecule has 7 heteroatoms. The van der Waals surface area contributed by atoms with Gasteiger partial charge in [0, 0.05) is 6.04 Å². The second kappa shape index (κ2) is 3.83. The number of rotatable bonds is 3. The average molecular weight is 184 g/mol. The van der Waals surface area contributed by atoms with Crippen LogP contribution in [0.3, 0.4) is 0 Å². The Hall–Kier alpha value is -1.66. The first-order valence-corrected chi connectivity index (χ1v) is 3.90. The van der Waals surface area contributed by atoms with Gasteiger partial charge in [-0.2, -0.15) is 0 Å². The zero-order valence-electron chi connectivity index (χ0n) is 7.56. The lowest BCUT2D eigenvalue weighted by Gasteiger charge is -2.07. The van der Waals surface area contributed by atoms with Gasteiger partial charge in [-0.05, 0) is 24.3 Å². The third-order valence-corrected chi connectivity index (χ3v) is 1.30. The smallest absolute Gasteiger partial charge is 0.242 e. The standard InChI is InChI=1S/C6H12N6O/c1-4(2)8-5(13)3-12-6(7)9-10-11-12/h4H,3H2,1-2H3,(H,8,13)(H2,7,9,11). The van der Waals surface area contributed by atoms with Crippen LogP contribution in [0.2, 0.25) is 0 Å². The zero-order chi connectivity index (χ0) is 9.84. The number of carbonyl (C=O) groups is 1. The number of tetrazole rings is 1. The number of nitrogen functional groups attached to an aromatic ring is 1. The summed E-state index contributed by atoms with van der Waals surface area (Å²) in [7, 11) is 0. The quantitative estimate of drug-likeness (QED) is 0.613. The molecule has 13 heavy (non-hydrogen) atoms. The predicted molar refractivity (Wildman–Crippen MR) is 45.5 cm³/mol. The molecule has 1 aromatic heterocycles. The molecular formula is C6H12N6O. The van der Waals surface area contributed by atoms with E-state index in [4.69, 9.17) is 5.73 Å². The van der Waals surface area contributed by atoms with Crippen molar-refractivity contribution in [3.63, 3.8) is 0 Å². The fourth-order valence-corrected chi connectivity index (χ4v) is 0.828. The van der Waals surface area contributed by atoms with Crippen LogP contribution in [0.5, 0.6) is 0 Å². The highest BCUT2D eigenvalue weighted by atomic mass is 16.2. The molecule has 0 aliphatic carbocycles. The Bertz CT molecular complexity index is 293. The van der Waals surface area contributed by atoms with Gasteiger partial charge in [-0.15, -0.1) is 0 Å². The minimum Gasteiger partial charge on any atom is -0.367 e. The molecule has 0 fully saturated rings. The number of nitrogens with one attached hydrogen (secondary N) is 1. The van der Waals surface area contributed by atoms with Crippen LogP contribution < -0.4 is 11.1 Å². The van der Waals surface area contributed by atoms with Crippen molar-refractivity contribution in [2.75, 3.05) is 5.73 Å². The lowest BCUT2D eigenvalue weighted by atomic mass is 10.4. The maximum absolute atomic E-state index is 11.2. The first-order valence-electron chi connectivity index (χ1n) is 3.90. The van der Waals surface area contributed by atoms with Crippen molar-refractivity contribution in [3.8, 4) is 0 Å². The van der Waals surface area contributed by atoms with E-state index in [1.54, 1.807) is 0 Å². The Morgan fingerprint density at radius 2 is 2.38 bits per heavy atom. The second-order valence-electron chi connectivity index (χ2n) is 2.92. The van der Waals surface area contributed by atoms with Gasteiger partial charge in [0.05, 0.1) is 0 Å². The first-order chi connectivity index (χ1) is 6.09. The lowest BCUT2D eigenvalue weighted by Crippen LogP contribution is -2.33. The molecule has 0 saturated heterocycles.